The van der Waals surface area contributed by atoms with Gasteiger partial charge in [0.15, 0.2) is 0 Å². The van der Waals surface area contributed by atoms with Crippen molar-refractivity contribution in [2.75, 3.05) is 18.0 Å². The van der Waals surface area contributed by atoms with Gasteiger partial charge in [-0.25, -0.2) is 8.42 Å². The second-order valence-electron chi connectivity index (χ2n) is 11.3. The summed E-state index contributed by atoms with van der Waals surface area (Å²) in [6.07, 6.45) is 5.51. The molecule has 230 valence electrons. The molecular weight excluding hydrogens is 562 g/mol. The molecule has 0 aromatic heterocycles. The standard InChI is InChI=1S/C34H43N3O5S/c1-5-31(34(39)35-28-14-8-6-9-15-28)36(23-27-13-12-16-29(22-27)42-4)33(38)24-37(32-21-25(2)19-20-26(32)3)43(40,41)30-17-10-7-11-18-30/h7,10-13,16-22,28,31H,5-6,8-9,14-15,23-24H2,1-4H3,(H,35,39)/t31-/m1/s1. The molecule has 0 saturated heterocycles. The highest BCUT2D eigenvalue weighted by Crippen LogP contribution is 2.29. The Bertz CT molecular complexity index is 1500. The molecule has 1 aliphatic rings. The first kappa shape index (κ1) is 32.1. The summed E-state index contributed by atoms with van der Waals surface area (Å²) in [5, 5.41) is 3.18. The SMILES string of the molecule is CC[C@H](C(=O)NC1CCCCC1)N(Cc1cccc(OC)c1)C(=O)CN(c1cc(C)ccc1C)S(=O)(=O)c1ccccc1. The largest absolute Gasteiger partial charge is 0.497 e. The van der Waals surface area contributed by atoms with Crippen LogP contribution in [0.4, 0.5) is 5.69 Å². The molecule has 43 heavy (non-hydrogen) atoms. The lowest BCUT2D eigenvalue weighted by molar-refractivity contribution is -0.140. The van der Waals surface area contributed by atoms with Gasteiger partial charge in [-0.3, -0.25) is 13.9 Å². The monoisotopic (exact) mass is 605 g/mol. The number of sulfonamides is 1. The third-order valence-corrected chi connectivity index (χ3v) is 9.84. The van der Waals surface area contributed by atoms with Gasteiger partial charge >= 0.3 is 0 Å². The zero-order chi connectivity index (χ0) is 31.0. The zero-order valence-electron chi connectivity index (χ0n) is 25.6. The Hall–Kier alpha value is -3.85. The molecule has 0 spiro atoms. The lowest BCUT2D eigenvalue weighted by Crippen LogP contribution is -2.54. The number of hydrogen-bond acceptors (Lipinski definition) is 5. The summed E-state index contributed by atoms with van der Waals surface area (Å²) < 4.78 is 34.8. The van der Waals surface area contributed by atoms with Gasteiger partial charge in [-0.2, -0.15) is 0 Å². The number of carbonyl (C=O) groups excluding carboxylic acids is 2. The van der Waals surface area contributed by atoms with Crippen LogP contribution in [0.15, 0.2) is 77.7 Å². The Morgan fingerprint density at radius 2 is 1.67 bits per heavy atom. The average Bonchev–Trinajstić information content (AvgIpc) is 3.02. The minimum Gasteiger partial charge on any atom is -0.497 e. The molecule has 1 saturated carbocycles. The molecule has 0 heterocycles. The summed E-state index contributed by atoms with van der Waals surface area (Å²) in [5.41, 5.74) is 2.80. The van der Waals surface area contributed by atoms with Crippen molar-refractivity contribution >= 4 is 27.5 Å². The fourth-order valence-electron chi connectivity index (χ4n) is 5.65. The summed E-state index contributed by atoms with van der Waals surface area (Å²) >= 11 is 0. The highest BCUT2D eigenvalue weighted by molar-refractivity contribution is 7.92. The first-order chi connectivity index (χ1) is 20.6. The second kappa shape index (κ2) is 14.6. The number of methoxy groups -OCH3 is 1. The fraction of sp³-hybridized carbons (Fsp3) is 0.412. The smallest absolute Gasteiger partial charge is 0.264 e. The number of carbonyl (C=O) groups is 2. The number of hydrogen-bond donors (Lipinski definition) is 1. The van der Waals surface area contributed by atoms with Gasteiger partial charge in [0.25, 0.3) is 10.0 Å². The summed E-state index contributed by atoms with van der Waals surface area (Å²) in [6, 6.07) is 20.3. The number of ether oxygens (including phenoxy) is 1. The Balaban J connectivity index is 1.74. The van der Waals surface area contributed by atoms with Crippen molar-refractivity contribution in [3.8, 4) is 5.75 Å². The van der Waals surface area contributed by atoms with Crippen LogP contribution in [0.2, 0.25) is 0 Å². The molecule has 0 bridgehead atoms. The van der Waals surface area contributed by atoms with Crippen molar-refractivity contribution < 1.29 is 22.7 Å². The van der Waals surface area contributed by atoms with Crippen LogP contribution in [-0.4, -0.2) is 50.9 Å². The van der Waals surface area contributed by atoms with Gasteiger partial charge in [0, 0.05) is 12.6 Å². The number of anilines is 1. The predicted molar refractivity (Wildman–Crippen MR) is 170 cm³/mol. The summed E-state index contributed by atoms with van der Waals surface area (Å²) in [4.78, 5) is 29.7. The van der Waals surface area contributed by atoms with E-state index in [0.29, 0.717) is 17.9 Å². The Kier molecular flexibility index (Phi) is 10.9. The number of nitrogens with zero attached hydrogens (tertiary/aromatic N) is 2. The third-order valence-electron chi connectivity index (χ3n) is 8.07. The number of amides is 2. The van der Waals surface area contributed by atoms with E-state index in [0.717, 1.165) is 48.8 Å². The Morgan fingerprint density at radius 3 is 2.35 bits per heavy atom. The molecule has 3 aromatic rings. The van der Waals surface area contributed by atoms with Gasteiger partial charge in [-0.1, -0.05) is 68.7 Å². The van der Waals surface area contributed by atoms with E-state index in [-0.39, 0.29) is 23.4 Å². The Morgan fingerprint density at radius 1 is 0.953 bits per heavy atom. The molecule has 0 aliphatic heterocycles. The van der Waals surface area contributed by atoms with Crippen LogP contribution < -0.4 is 14.4 Å². The summed E-state index contributed by atoms with van der Waals surface area (Å²) in [7, 11) is -2.54. The second-order valence-corrected chi connectivity index (χ2v) is 13.1. The van der Waals surface area contributed by atoms with Gasteiger partial charge < -0.3 is 15.0 Å². The average molecular weight is 606 g/mol. The molecule has 1 atom stereocenters. The molecule has 2 amide bonds. The van der Waals surface area contributed by atoms with E-state index in [9.17, 15) is 18.0 Å². The van der Waals surface area contributed by atoms with E-state index in [4.69, 9.17) is 4.74 Å². The van der Waals surface area contributed by atoms with Crippen LogP contribution in [0.3, 0.4) is 0 Å². The summed E-state index contributed by atoms with van der Waals surface area (Å²) in [6.45, 7) is 5.25. The lowest BCUT2D eigenvalue weighted by Gasteiger charge is -2.35. The quantitative estimate of drug-likeness (QED) is 0.283. The van der Waals surface area contributed by atoms with Crippen LogP contribution >= 0.6 is 0 Å². The highest BCUT2D eigenvalue weighted by atomic mass is 32.2. The molecular formula is C34H43N3O5S. The molecule has 8 nitrogen and oxygen atoms in total. The molecule has 4 rings (SSSR count). The number of rotatable bonds is 12. The van der Waals surface area contributed by atoms with Crippen LogP contribution in [-0.2, 0) is 26.2 Å². The van der Waals surface area contributed by atoms with Crippen molar-refractivity contribution in [2.45, 2.75) is 82.8 Å². The van der Waals surface area contributed by atoms with Gasteiger partial charge in [0.05, 0.1) is 17.7 Å². The maximum Gasteiger partial charge on any atom is 0.264 e. The topological polar surface area (TPSA) is 96.0 Å². The minimum atomic E-state index is -4.12. The Labute approximate surface area is 256 Å². The van der Waals surface area contributed by atoms with E-state index in [1.165, 1.54) is 21.3 Å². The molecule has 9 heteroatoms. The van der Waals surface area contributed by atoms with E-state index in [2.05, 4.69) is 5.32 Å². The van der Waals surface area contributed by atoms with Crippen molar-refractivity contribution in [3.63, 3.8) is 0 Å². The molecule has 0 radical (unpaired) electrons. The number of aryl methyl sites for hydroxylation is 2. The van der Waals surface area contributed by atoms with Gasteiger partial charge in [-0.05, 0) is 80.1 Å². The molecule has 1 N–H and O–H groups in total. The molecule has 1 fully saturated rings. The van der Waals surface area contributed by atoms with Crippen molar-refractivity contribution in [3.05, 3.63) is 89.5 Å². The summed E-state index contributed by atoms with van der Waals surface area (Å²) in [5.74, 6) is -0.0444. The maximum absolute atomic E-state index is 14.4. The predicted octanol–water partition coefficient (Wildman–Crippen LogP) is 5.76. The third kappa shape index (κ3) is 7.96. The number of benzene rings is 3. The van der Waals surface area contributed by atoms with E-state index >= 15 is 0 Å². The molecule has 1 aliphatic carbocycles. The normalized spacial score (nSPS) is 14.5. The van der Waals surface area contributed by atoms with Crippen molar-refractivity contribution in [2.24, 2.45) is 0 Å². The number of nitrogens with one attached hydrogen (secondary N) is 1. The molecule has 0 unspecified atom stereocenters. The van der Waals surface area contributed by atoms with Gasteiger partial charge in [0.1, 0.15) is 18.3 Å². The minimum absolute atomic E-state index is 0.0778. The van der Waals surface area contributed by atoms with Crippen molar-refractivity contribution in [1.29, 1.82) is 0 Å². The van der Waals surface area contributed by atoms with E-state index < -0.39 is 28.5 Å². The van der Waals surface area contributed by atoms with Crippen LogP contribution in [0.25, 0.3) is 0 Å². The van der Waals surface area contributed by atoms with Crippen molar-refractivity contribution in [1.82, 2.24) is 10.2 Å². The van der Waals surface area contributed by atoms with Crippen LogP contribution in [0, 0.1) is 13.8 Å². The zero-order valence-corrected chi connectivity index (χ0v) is 26.4. The highest BCUT2D eigenvalue weighted by Gasteiger charge is 2.35. The fourth-order valence-corrected chi connectivity index (χ4v) is 7.14. The van der Waals surface area contributed by atoms with Crippen LogP contribution in [0.5, 0.6) is 5.75 Å². The van der Waals surface area contributed by atoms with E-state index in [1.807, 2.05) is 57.2 Å². The van der Waals surface area contributed by atoms with Gasteiger partial charge in [-0.15, -0.1) is 0 Å². The first-order valence-electron chi connectivity index (χ1n) is 15.0. The van der Waals surface area contributed by atoms with Gasteiger partial charge in [0.2, 0.25) is 11.8 Å². The van der Waals surface area contributed by atoms with Crippen LogP contribution in [0.1, 0.15) is 62.1 Å². The maximum atomic E-state index is 14.4. The van der Waals surface area contributed by atoms with E-state index in [1.54, 1.807) is 31.4 Å². The first-order valence-corrected chi connectivity index (χ1v) is 16.5. The molecule has 3 aromatic carbocycles. The lowest BCUT2D eigenvalue weighted by atomic mass is 9.95.